The number of hydrogen-bond acceptors (Lipinski definition) is 4. The minimum Gasteiger partial charge on any atom is -0.269 e. The topological polar surface area (TPSA) is 75.0 Å². The van der Waals surface area contributed by atoms with Crippen molar-refractivity contribution in [3.8, 4) is 0 Å². The van der Waals surface area contributed by atoms with Crippen LogP contribution in [0.1, 0.15) is 11.3 Å². The molecule has 0 atom stereocenters. The van der Waals surface area contributed by atoms with Gasteiger partial charge in [0, 0.05) is 39.8 Å². The van der Waals surface area contributed by atoms with Crippen LogP contribution in [0, 0.1) is 5.82 Å². The molecule has 0 saturated heterocycles. The number of nitrogens with zero attached hydrogens (tertiary/aromatic N) is 4. The fourth-order valence-electron chi connectivity index (χ4n) is 2.47. The Morgan fingerprint density at radius 1 is 1.32 bits per heavy atom. The van der Waals surface area contributed by atoms with E-state index in [1.54, 1.807) is 0 Å². The number of pyridine rings is 1. The van der Waals surface area contributed by atoms with Crippen LogP contribution in [0.25, 0.3) is 5.65 Å². The van der Waals surface area contributed by atoms with Gasteiger partial charge < -0.3 is 0 Å². The van der Waals surface area contributed by atoms with E-state index < -0.39 is 21.6 Å². The third kappa shape index (κ3) is 2.31. The first-order chi connectivity index (χ1) is 10.3. The summed E-state index contributed by atoms with van der Waals surface area (Å²) in [7, 11) is -0.732. The lowest BCUT2D eigenvalue weighted by molar-refractivity contribution is 0.354. The summed E-state index contributed by atoms with van der Waals surface area (Å²) in [5.74, 6) is -0.551. The van der Waals surface area contributed by atoms with Crippen LogP contribution in [-0.2, 0) is 23.2 Å². The molecule has 0 aliphatic carbocycles. The number of hydrogen-bond donors (Lipinski definition) is 0. The zero-order valence-electron chi connectivity index (χ0n) is 12.2. The lowest BCUT2D eigenvalue weighted by Gasteiger charge is -2.29. The molecule has 0 unspecified atom stereocenters. The molecule has 0 bridgehead atoms. The highest BCUT2D eigenvalue weighted by molar-refractivity contribution is 7.86. The minimum absolute atomic E-state index is 0.0544. The van der Waals surface area contributed by atoms with E-state index in [-0.39, 0.29) is 13.1 Å². The second-order valence-corrected chi connectivity index (χ2v) is 7.43. The largest absolute Gasteiger partial charge is 0.281 e. The van der Waals surface area contributed by atoms with Crippen molar-refractivity contribution in [1.82, 2.24) is 18.0 Å². The molecule has 22 heavy (non-hydrogen) atoms. The van der Waals surface area contributed by atoms with E-state index in [0.717, 1.165) is 14.9 Å². The summed E-state index contributed by atoms with van der Waals surface area (Å²) in [6, 6.07) is 2.67. The second-order valence-electron chi connectivity index (χ2n) is 5.29. The van der Waals surface area contributed by atoms with E-state index in [0.29, 0.717) is 23.3 Å². The van der Waals surface area contributed by atoms with Gasteiger partial charge in [0.05, 0.1) is 11.3 Å². The Bertz CT molecular complexity index is 907. The number of aromatic nitrogens is 2. The fourth-order valence-corrected chi connectivity index (χ4v) is 3.55. The molecular formula is C13H15FN4O3S. The van der Waals surface area contributed by atoms with Gasteiger partial charge in [-0.25, -0.2) is 9.37 Å². The summed E-state index contributed by atoms with van der Waals surface area (Å²) < 4.78 is 41.1. The fraction of sp³-hybridized carbons (Fsp3) is 0.385. The van der Waals surface area contributed by atoms with Crippen LogP contribution in [0.3, 0.4) is 0 Å². The number of rotatable bonds is 2. The van der Waals surface area contributed by atoms with Crippen LogP contribution >= 0.6 is 0 Å². The minimum atomic E-state index is -3.60. The zero-order valence-corrected chi connectivity index (χ0v) is 13.0. The van der Waals surface area contributed by atoms with E-state index in [1.807, 2.05) is 0 Å². The Labute approximate surface area is 126 Å². The maximum absolute atomic E-state index is 13.3. The first-order valence-electron chi connectivity index (χ1n) is 6.68. The predicted molar refractivity (Wildman–Crippen MR) is 78.1 cm³/mol. The normalized spacial score (nSPS) is 16.2. The summed E-state index contributed by atoms with van der Waals surface area (Å²) in [4.78, 5) is 16.8. The molecular weight excluding hydrogens is 311 g/mol. The first kappa shape index (κ1) is 15.1. The monoisotopic (exact) mass is 326 g/mol. The van der Waals surface area contributed by atoms with E-state index >= 15 is 0 Å². The number of fused-ring (bicyclic) bond motifs is 2. The third-order valence-corrected chi connectivity index (χ3v) is 5.57. The lowest BCUT2D eigenvalue weighted by atomic mass is 10.1. The molecule has 0 N–H and O–H groups in total. The molecule has 9 heteroatoms. The molecule has 0 radical (unpaired) electrons. The first-order valence-corrected chi connectivity index (χ1v) is 8.07. The summed E-state index contributed by atoms with van der Waals surface area (Å²) in [6.07, 6.45) is 1.41. The summed E-state index contributed by atoms with van der Waals surface area (Å²) in [6.45, 7) is 0.207. The molecule has 2 aromatic rings. The smallest absolute Gasteiger partial charge is 0.269 e. The Morgan fingerprint density at radius 2 is 2.05 bits per heavy atom. The highest BCUT2D eigenvalue weighted by Gasteiger charge is 2.31. The van der Waals surface area contributed by atoms with Crippen LogP contribution in [0.5, 0.6) is 0 Å². The maximum Gasteiger partial charge on any atom is 0.281 e. The van der Waals surface area contributed by atoms with Gasteiger partial charge in [-0.15, -0.1) is 0 Å². The molecule has 7 nitrogen and oxygen atoms in total. The van der Waals surface area contributed by atoms with E-state index in [9.17, 15) is 17.6 Å². The van der Waals surface area contributed by atoms with Crippen LogP contribution in [0.4, 0.5) is 4.39 Å². The van der Waals surface area contributed by atoms with Crippen LogP contribution < -0.4 is 5.56 Å². The van der Waals surface area contributed by atoms with Crippen molar-refractivity contribution in [3.63, 3.8) is 0 Å². The quantitative estimate of drug-likeness (QED) is 0.778. The Kier molecular flexibility index (Phi) is 3.50. The highest BCUT2D eigenvalue weighted by Crippen LogP contribution is 2.19. The van der Waals surface area contributed by atoms with Gasteiger partial charge in [0.15, 0.2) is 0 Å². The van der Waals surface area contributed by atoms with Gasteiger partial charge in [0.25, 0.3) is 15.8 Å². The van der Waals surface area contributed by atoms with Gasteiger partial charge in [-0.2, -0.15) is 17.0 Å². The molecule has 3 heterocycles. The van der Waals surface area contributed by atoms with Gasteiger partial charge >= 0.3 is 0 Å². The summed E-state index contributed by atoms with van der Waals surface area (Å²) in [5, 5.41) is 0. The van der Waals surface area contributed by atoms with Crippen molar-refractivity contribution >= 4 is 15.9 Å². The van der Waals surface area contributed by atoms with Crippen molar-refractivity contribution < 1.29 is 12.8 Å². The third-order valence-electron chi connectivity index (χ3n) is 3.69. The van der Waals surface area contributed by atoms with Gasteiger partial charge in [0.1, 0.15) is 11.5 Å². The van der Waals surface area contributed by atoms with Crippen molar-refractivity contribution in [2.45, 2.75) is 13.0 Å². The molecule has 118 valence electrons. The summed E-state index contributed by atoms with van der Waals surface area (Å²) >= 11 is 0. The molecule has 0 aromatic carbocycles. The standard InChI is InChI=1S/C13H15FN4O3S/c1-16(2)22(20,21)17-6-5-11-10(8-17)13(19)18-7-9(14)3-4-12(18)15-11/h3-4,7H,5-6,8H2,1-2H3. The Hall–Kier alpha value is -1.84. The molecule has 0 amide bonds. The van der Waals surface area contributed by atoms with Gasteiger partial charge in [-0.1, -0.05) is 0 Å². The predicted octanol–water partition coefficient (Wildman–Crippen LogP) is -0.00190. The van der Waals surface area contributed by atoms with Crippen molar-refractivity contribution in [2.75, 3.05) is 20.6 Å². The molecule has 0 fully saturated rings. The average molecular weight is 326 g/mol. The van der Waals surface area contributed by atoms with Crippen LogP contribution in [0.15, 0.2) is 23.1 Å². The van der Waals surface area contributed by atoms with Crippen LogP contribution in [0.2, 0.25) is 0 Å². The SMILES string of the molecule is CN(C)S(=O)(=O)N1CCc2nc3ccc(F)cn3c(=O)c2C1. The van der Waals surface area contributed by atoms with Crippen LogP contribution in [-0.4, -0.2) is 47.1 Å². The van der Waals surface area contributed by atoms with E-state index in [4.69, 9.17) is 0 Å². The molecule has 2 aromatic heterocycles. The Morgan fingerprint density at radius 3 is 2.73 bits per heavy atom. The van der Waals surface area contributed by atoms with Crippen molar-refractivity contribution in [3.05, 3.63) is 45.8 Å². The van der Waals surface area contributed by atoms with E-state index in [2.05, 4.69) is 4.98 Å². The lowest BCUT2D eigenvalue weighted by Crippen LogP contribution is -2.45. The average Bonchev–Trinajstić information content (AvgIpc) is 2.48. The highest BCUT2D eigenvalue weighted by atomic mass is 32.2. The number of halogens is 1. The zero-order chi connectivity index (χ0) is 16.1. The van der Waals surface area contributed by atoms with Crippen molar-refractivity contribution in [1.29, 1.82) is 0 Å². The maximum atomic E-state index is 13.3. The van der Waals surface area contributed by atoms with Gasteiger partial charge in [0.2, 0.25) is 0 Å². The molecule has 0 saturated carbocycles. The second kappa shape index (κ2) is 5.11. The molecule has 3 rings (SSSR count). The van der Waals surface area contributed by atoms with E-state index in [1.165, 1.54) is 30.5 Å². The molecule has 1 aliphatic heterocycles. The Balaban J connectivity index is 2.13. The molecule has 1 aliphatic rings. The van der Waals surface area contributed by atoms with Gasteiger partial charge in [-0.3, -0.25) is 9.20 Å². The van der Waals surface area contributed by atoms with Gasteiger partial charge in [-0.05, 0) is 12.1 Å². The molecule has 0 spiro atoms. The van der Waals surface area contributed by atoms with Crippen molar-refractivity contribution in [2.24, 2.45) is 0 Å². The summed E-state index contributed by atoms with van der Waals surface area (Å²) in [5.41, 5.74) is 0.786.